The van der Waals surface area contributed by atoms with Crippen molar-refractivity contribution in [3.05, 3.63) is 22.6 Å². The molecule has 0 saturated heterocycles. The van der Waals surface area contributed by atoms with Crippen LogP contribution in [0.25, 0.3) is 0 Å². The average molecular weight is 219 g/mol. The molecule has 0 aromatic carbocycles. The monoisotopic (exact) mass is 219 g/mol. The Morgan fingerprint density at radius 1 is 1.31 bits per heavy atom. The van der Waals surface area contributed by atoms with Crippen LogP contribution >= 0.6 is 0 Å². The van der Waals surface area contributed by atoms with Crippen LogP contribution in [0.15, 0.2) is 4.42 Å². The third-order valence-corrected chi connectivity index (χ3v) is 2.99. The number of rotatable bonds is 5. The summed E-state index contributed by atoms with van der Waals surface area (Å²) in [5, 5.41) is 3.47. The third kappa shape index (κ3) is 2.68. The normalized spacial score (nSPS) is 12.4. The van der Waals surface area contributed by atoms with Crippen LogP contribution in [0.1, 0.15) is 48.5 Å². The van der Waals surface area contributed by atoms with Crippen LogP contribution in [-0.2, 0) is 0 Å². The maximum atomic E-state index is 5.66. The molecule has 0 radical (unpaired) electrons. The molecule has 16 heavy (non-hydrogen) atoms. The van der Waals surface area contributed by atoms with Gasteiger partial charge in [-0.05, 0) is 39.3 Å². The first-order chi connectivity index (χ1) is 7.61. The van der Waals surface area contributed by atoms with Crippen molar-refractivity contribution in [1.82, 2.24) is 5.32 Å². The van der Waals surface area contributed by atoms with E-state index in [1.54, 1.807) is 0 Å². The van der Waals surface area contributed by atoms with Crippen molar-refractivity contribution in [2.24, 2.45) is 0 Å². The molecule has 0 fully saturated rings. The third-order valence-electron chi connectivity index (χ3n) is 2.99. The van der Waals surface area contributed by atoms with Crippen molar-refractivity contribution in [2.45, 2.75) is 46.6 Å². The summed E-state index contributed by atoms with van der Waals surface area (Å²) in [6.07, 6.45) is 7.09. The lowest BCUT2D eigenvalue weighted by molar-refractivity contribution is 0.477. The molecular weight excluding hydrogens is 198 g/mol. The first-order valence-electron chi connectivity index (χ1n) is 5.85. The van der Waals surface area contributed by atoms with Gasteiger partial charge in [-0.3, -0.25) is 0 Å². The number of furan rings is 1. The van der Waals surface area contributed by atoms with Gasteiger partial charge in [-0.25, -0.2) is 0 Å². The highest BCUT2D eigenvalue weighted by Gasteiger charge is 2.19. The highest BCUT2D eigenvalue weighted by molar-refractivity contribution is 5.34. The maximum Gasteiger partial charge on any atom is 0.106 e. The lowest BCUT2D eigenvalue weighted by Crippen LogP contribution is -2.21. The van der Waals surface area contributed by atoms with Gasteiger partial charge in [0, 0.05) is 18.0 Å². The van der Waals surface area contributed by atoms with Crippen LogP contribution in [0.5, 0.6) is 0 Å². The van der Waals surface area contributed by atoms with Gasteiger partial charge in [0.2, 0.25) is 0 Å². The van der Waals surface area contributed by atoms with Crippen molar-refractivity contribution in [3.63, 3.8) is 0 Å². The van der Waals surface area contributed by atoms with Gasteiger partial charge >= 0.3 is 0 Å². The molecule has 2 nitrogen and oxygen atoms in total. The topological polar surface area (TPSA) is 25.2 Å². The van der Waals surface area contributed by atoms with E-state index in [9.17, 15) is 0 Å². The molecule has 0 amide bonds. The Morgan fingerprint density at radius 2 is 2.00 bits per heavy atom. The van der Waals surface area contributed by atoms with E-state index in [2.05, 4.69) is 25.1 Å². The van der Waals surface area contributed by atoms with E-state index in [0.717, 1.165) is 30.9 Å². The molecule has 1 aromatic rings. The van der Waals surface area contributed by atoms with Gasteiger partial charge in [-0.15, -0.1) is 12.3 Å². The second-order valence-corrected chi connectivity index (χ2v) is 4.11. The highest BCUT2D eigenvalue weighted by Crippen LogP contribution is 2.29. The van der Waals surface area contributed by atoms with Crippen molar-refractivity contribution >= 4 is 0 Å². The number of hydrogen-bond acceptors (Lipinski definition) is 2. The van der Waals surface area contributed by atoms with Gasteiger partial charge in [0.25, 0.3) is 0 Å². The van der Waals surface area contributed by atoms with Crippen LogP contribution in [0.4, 0.5) is 0 Å². The Bertz CT molecular complexity index is 384. The molecular formula is C14H21NO. The van der Waals surface area contributed by atoms with Crippen LogP contribution in [0, 0.1) is 33.1 Å². The largest absolute Gasteiger partial charge is 0.466 e. The SMILES string of the molecule is C#CCCC(NCC)c1c(C)oc(C)c1C. The van der Waals surface area contributed by atoms with Crippen molar-refractivity contribution in [1.29, 1.82) is 0 Å². The Hall–Kier alpha value is -1.20. The summed E-state index contributed by atoms with van der Waals surface area (Å²) in [6, 6.07) is 0.318. The minimum absolute atomic E-state index is 0.318. The lowest BCUT2D eigenvalue weighted by Gasteiger charge is -2.17. The minimum Gasteiger partial charge on any atom is -0.466 e. The molecule has 1 heterocycles. The molecule has 0 aliphatic heterocycles. The van der Waals surface area contributed by atoms with Crippen LogP contribution < -0.4 is 5.32 Å². The molecule has 1 atom stereocenters. The number of nitrogens with one attached hydrogen (secondary N) is 1. The predicted octanol–water partition coefficient (Wildman–Crippen LogP) is 3.27. The van der Waals surface area contributed by atoms with Crippen molar-refractivity contribution in [2.75, 3.05) is 6.54 Å². The van der Waals surface area contributed by atoms with Gasteiger partial charge in [-0.2, -0.15) is 0 Å². The van der Waals surface area contributed by atoms with Gasteiger partial charge in [-0.1, -0.05) is 6.92 Å². The minimum atomic E-state index is 0.318. The smallest absolute Gasteiger partial charge is 0.106 e. The van der Waals surface area contributed by atoms with Crippen LogP contribution in [0.2, 0.25) is 0 Å². The predicted molar refractivity (Wildman–Crippen MR) is 67.4 cm³/mol. The Labute approximate surface area is 98.4 Å². The quantitative estimate of drug-likeness (QED) is 0.769. The Kier molecular flexibility index (Phi) is 4.64. The fourth-order valence-electron chi connectivity index (χ4n) is 2.14. The van der Waals surface area contributed by atoms with Gasteiger partial charge < -0.3 is 9.73 Å². The van der Waals surface area contributed by atoms with E-state index in [4.69, 9.17) is 10.8 Å². The second-order valence-electron chi connectivity index (χ2n) is 4.11. The molecule has 0 aliphatic carbocycles. The number of terminal acetylenes is 1. The Balaban J connectivity index is 2.96. The summed E-state index contributed by atoms with van der Waals surface area (Å²) in [6.45, 7) is 9.20. The standard InChI is InChI=1S/C14H21NO/c1-6-8-9-13(15-7-2)14-10(3)11(4)16-12(14)5/h1,13,15H,7-9H2,2-5H3. The molecule has 2 heteroatoms. The molecule has 1 unspecified atom stereocenters. The zero-order chi connectivity index (χ0) is 12.1. The maximum absolute atomic E-state index is 5.66. The van der Waals surface area contributed by atoms with Crippen LogP contribution in [0.3, 0.4) is 0 Å². The fraction of sp³-hybridized carbons (Fsp3) is 0.571. The summed E-state index contributed by atoms with van der Waals surface area (Å²) in [5.41, 5.74) is 2.54. The lowest BCUT2D eigenvalue weighted by atomic mass is 9.98. The number of aryl methyl sites for hydroxylation is 2. The number of hydrogen-bond donors (Lipinski definition) is 1. The second kappa shape index (κ2) is 5.77. The zero-order valence-electron chi connectivity index (χ0n) is 10.7. The van der Waals surface area contributed by atoms with E-state index in [-0.39, 0.29) is 0 Å². The van der Waals surface area contributed by atoms with E-state index in [1.807, 2.05) is 13.8 Å². The molecule has 1 rings (SSSR count). The van der Waals surface area contributed by atoms with E-state index < -0.39 is 0 Å². The van der Waals surface area contributed by atoms with E-state index in [0.29, 0.717) is 6.04 Å². The summed E-state index contributed by atoms with van der Waals surface area (Å²) in [5.74, 6) is 4.72. The highest BCUT2D eigenvalue weighted by atomic mass is 16.3. The first kappa shape index (κ1) is 12.9. The summed E-state index contributed by atoms with van der Waals surface area (Å²) >= 11 is 0. The Morgan fingerprint density at radius 3 is 2.44 bits per heavy atom. The van der Waals surface area contributed by atoms with Crippen molar-refractivity contribution < 1.29 is 4.42 Å². The van der Waals surface area contributed by atoms with Gasteiger partial charge in [0.15, 0.2) is 0 Å². The molecule has 0 spiro atoms. The molecule has 0 saturated carbocycles. The molecule has 1 N–H and O–H groups in total. The van der Waals surface area contributed by atoms with Gasteiger partial charge in [0.1, 0.15) is 11.5 Å². The summed E-state index contributed by atoms with van der Waals surface area (Å²) in [4.78, 5) is 0. The summed E-state index contributed by atoms with van der Waals surface area (Å²) in [7, 11) is 0. The van der Waals surface area contributed by atoms with Crippen LogP contribution in [-0.4, -0.2) is 6.54 Å². The van der Waals surface area contributed by atoms with E-state index in [1.165, 1.54) is 11.1 Å². The van der Waals surface area contributed by atoms with Crippen molar-refractivity contribution in [3.8, 4) is 12.3 Å². The zero-order valence-corrected chi connectivity index (χ0v) is 10.7. The molecule has 0 bridgehead atoms. The summed E-state index contributed by atoms with van der Waals surface area (Å²) < 4.78 is 5.66. The first-order valence-corrected chi connectivity index (χ1v) is 5.85. The average Bonchev–Trinajstić information content (AvgIpc) is 2.49. The fourth-order valence-corrected chi connectivity index (χ4v) is 2.14. The van der Waals surface area contributed by atoms with Gasteiger partial charge in [0.05, 0.1) is 0 Å². The molecule has 0 aliphatic rings. The van der Waals surface area contributed by atoms with E-state index >= 15 is 0 Å². The molecule has 1 aromatic heterocycles. The molecule has 88 valence electrons.